The molecule has 0 radical (unpaired) electrons. The molecule has 0 aromatic heterocycles. The maximum Gasteiger partial charge on any atom is 0.233 e. The average molecular weight is 298 g/mol. The molecule has 114 valence electrons. The van der Waals surface area contributed by atoms with Gasteiger partial charge in [0, 0.05) is 18.6 Å². The first-order chi connectivity index (χ1) is 9.34. The van der Waals surface area contributed by atoms with E-state index in [1.54, 1.807) is 7.11 Å². The molecule has 0 aromatic rings. The van der Waals surface area contributed by atoms with E-state index in [9.17, 15) is 4.79 Å². The maximum absolute atomic E-state index is 12.7. The van der Waals surface area contributed by atoms with Crippen molar-refractivity contribution < 1.29 is 9.53 Å². The lowest BCUT2D eigenvalue weighted by atomic mass is 9.63. The van der Waals surface area contributed by atoms with Crippen molar-refractivity contribution in [1.29, 1.82) is 0 Å². The second-order valence-electron chi connectivity index (χ2n) is 6.81. The molecule has 2 saturated carbocycles. The molecule has 0 bridgehead atoms. The predicted octanol–water partition coefficient (Wildman–Crippen LogP) is 2.15. The third-order valence-electron chi connectivity index (χ3n) is 5.38. The molecule has 2 aliphatic rings. The number of nitrogens with one attached hydrogen (secondary N) is 1. The number of hydrogen-bond donors (Lipinski definition) is 2. The molecule has 0 aliphatic heterocycles. The van der Waals surface area contributed by atoms with Crippen molar-refractivity contribution in [2.75, 3.05) is 7.11 Å². The summed E-state index contributed by atoms with van der Waals surface area (Å²) in [5.74, 6) is 0.0253. The molecule has 3 N–H and O–H groups in total. The number of rotatable bonds is 4. The van der Waals surface area contributed by atoms with E-state index in [-0.39, 0.29) is 23.5 Å². The third-order valence-corrected chi connectivity index (χ3v) is 5.77. The molecule has 0 spiro atoms. The molecule has 0 heterocycles. The van der Waals surface area contributed by atoms with Crippen molar-refractivity contribution in [2.45, 2.75) is 64.5 Å². The Balaban J connectivity index is 2.05. The Morgan fingerprint density at radius 2 is 1.90 bits per heavy atom. The Morgan fingerprint density at radius 1 is 1.30 bits per heavy atom. The fraction of sp³-hybridized carbons (Fsp3) is 0.867. The summed E-state index contributed by atoms with van der Waals surface area (Å²) < 4.78 is 5.43. The largest absolute Gasteiger partial charge is 0.392 e. The number of amides is 1. The summed E-state index contributed by atoms with van der Waals surface area (Å²) in [5, 5.41) is 3.18. The number of thiocarbonyl (C=S) groups is 1. The van der Waals surface area contributed by atoms with Gasteiger partial charge in [-0.15, -0.1) is 0 Å². The zero-order valence-corrected chi connectivity index (χ0v) is 13.5. The molecule has 5 heteroatoms. The molecule has 2 atom stereocenters. The first kappa shape index (κ1) is 15.7. The summed E-state index contributed by atoms with van der Waals surface area (Å²) in [6.07, 6.45) is 5.87. The SMILES string of the molecule is COC1CC(NC(=O)C2(C(N)=S)CCCCC2)C1(C)C. The molecule has 2 fully saturated rings. The van der Waals surface area contributed by atoms with Crippen LogP contribution in [0.4, 0.5) is 0 Å². The molecule has 1 amide bonds. The highest BCUT2D eigenvalue weighted by Crippen LogP contribution is 2.44. The van der Waals surface area contributed by atoms with Crippen LogP contribution in [0.25, 0.3) is 0 Å². The van der Waals surface area contributed by atoms with Gasteiger partial charge in [0.1, 0.15) is 0 Å². The minimum absolute atomic E-state index is 0.0253. The fourth-order valence-electron chi connectivity index (χ4n) is 3.57. The van der Waals surface area contributed by atoms with Crippen molar-refractivity contribution >= 4 is 23.1 Å². The summed E-state index contributed by atoms with van der Waals surface area (Å²) >= 11 is 5.21. The molecular formula is C15H26N2O2S. The first-order valence-corrected chi connectivity index (χ1v) is 7.89. The van der Waals surface area contributed by atoms with E-state index in [4.69, 9.17) is 22.7 Å². The lowest BCUT2D eigenvalue weighted by Crippen LogP contribution is -2.64. The number of carbonyl (C=O) groups is 1. The van der Waals surface area contributed by atoms with Crippen LogP contribution in [0.15, 0.2) is 0 Å². The molecule has 2 aliphatic carbocycles. The van der Waals surface area contributed by atoms with E-state index in [0.29, 0.717) is 4.99 Å². The van der Waals surface area contributed by atoms with Crippen LogP contribution in [0.5, 0.6) is 0 Å². The molecular weight excluding hydrogens is 272 g/mol. The highest BCUT2D eigenvalue weighted by atomic mass is 32.1. The van der Waals surface area contributed by atoms with E-state index in [2.05, 4.69) is 19.2 Å². The Kier molecular flexibility index (Phi) is 4.40. The van der Waals surface area contributed by atoms with E-state index in [0.717, 1.165) is 38.5 Å². The van der Waals surface area contributed by atoms with E-state index in [1.165, 1.54) is 0 Å². The van der Waals surface area contributed by atoms with Crippen molar-refractivity contribution in [3.8, 4) is 0 Å². The minimum Gasteiger partial charge on any atom is -0.392 e. The number of methoxy groups -OCH3 is 1. The number of nitrogens with two attached hydrogens (primary N) is 1. The number of hydrogen-bond acceptors (Lipinski definition) is 3. The Bertz CT molecular complexity index is 403. The first-order valence-electron chi connectivity index (χ1n) is 7.48. The summed E-state index contributed by atoms with van der Waals surface area (Å²) in [6.45, 7) is 4.26. The zero-order valence-electron chi connectivity index (χ0n) is 12.7. The van der Waals surface area contributed by atoms with E-state index < -0.39 is 5.41 Å². The monoisotopic (exact) mass is 298 g/mol. The van der Waals surface area contributed by atoms with Crippen LogP contribution in [0.2, 0.25) is 0 Å². The Labute approximate surface area is 126 Å². The molecule has 2 unspecified atom stereocenters. The van der Waals surface area contributed by atoms with Crippen molar-refractivity contribution in [2.24, 2.45) is 16.6 Å². The van der Waals surface area contributed by atoms with E-state index in [1.807, 2.05) is 0 Å². The maximum atomic E-state index is 12.7. The van der Waals surface area contributed by atoms with Gasteiger partial charge in [0.15, 0.2) is 0 Å². The molecule has 0 aromatic carbocycles. The fourth-order valence-corrected chi connectivity index (χ4v) is 3.86. The standard InChI is InChI=1S/C15H26N2O2S/c1-14(2)10(9-11(14)19-3)17-13(18)15(12(16)20)7-5-4-6-8-15/h10-11H,4-9H2,1-3H3,(H2,16,20)(H,17,18). The van der Waals surface area contributed by atoms with E-state index >= 15 is 0 Å². The minimum atomic E-state index is -0.623. The molecule has 2 rings (SSSR count). The van der Waals surface area contributed by atoms with Gasteiger partial charge in [0.05, 0.1) is 16.5 Å². The second kappa shape index (κ2) is 5.60. The summed E-state index contributed by atoms with van der Waals surface area (Å²) in [4.78, 5) is 13.1. The van der Waals surface area contributed by atoms with Crippen molar-refractivity contribution in [3.05, 3.63) is 0 Å². The van der Waals surface area contributed by atoms with Crippen LogP contribution < -0.4 is 11.1 Å². The topological polar surface area (TPSA) is 64.3 Å². The predicted molar refractivity (Wildman–Crippen MR) is 83.4 cm³/mol. The van der Waals surface area contributed by atoms with Crippen LogP contribution in [0.3, 0.4) is 0 Å². The lowest BCUT2D eigenvalue weighted by molar-refractivity contribution is -0.139. The normalized spacial score (nSPS) is 31.1. The van der Waals surface area contributed by atoms with Crippen LogP contribution in [0, 0.1) is 10.8 Å². The van der Waals surface area contributed by atoms with Gasteiger partial charge in [-0.3, -0.25) is 4.79 Å². The van der Waals surface area contributed by atoms with Crippen LogP contribution in [-0.4, -0.2) is 30.2 Å². The van der Waals surface area contributed by atoms with Gasteiger partial charge in [0.25, 0.3) is 0 Å². The van der Waals surface area contributed by atoms with Gasteiger partial charge in [-0.2, -0.15) is 0 Å². The molecule has 0 saturated heterocycles. The summed E-state index contributed by atoms with van der Waals surface area (Å²) in [7, 11) is 1.72. The number of ether oxygens (including phenoxy) is 1. The molecule has 4 nitrogen and oxygen atoms in total. The average Bonchev–Trinajstić information content (AvgIpc) is 2.43. The molecule has 20 heavy (non-hydrogen) atoms. The van der Waals surface area contributed by atoms with Gasteiger partial charge in [-0.1, -0.05) is 45.3 Å². The van der Waals surface area contributed by atoms with Gasteiger partial charge in [-0.05, 0) is 19.3 Å². The van der Waals surface area contributed by atoms with Gasteiger partial charge in [-0.25, -0.2) is 0 Å². The van der Waals surface area contributed by atoms with Gasteiger partial charge < -0.3 is 15.8 Å². The van der Waals surface area contributed by atoms with Crippen LogP contribution >= 0.6 is 12.2 Å². The van der Waals surface area contributed by atoms with Gasteiger partial charge in [0.2, 0.25) is 5.91 Å². The second-order valence-corrected chi connectivity index (χ2v) is 7.25. The quantitative estimate of drug-likeness (QED) is 0.781. The van der Waals surface area contributed by atoms with Crippen molar-refractivity contribution in [3.63, 3.8) is 0 Å². The number of carbonyl (C=O) groups excluding carboxylic acids is 1. The highest BCUT2D eigenvalue weighted by Gasteiger charge is 2.51. The Hall–Kier alpha value is -0.680. The van der Waals surface area contributed by atoms with Crippen molar-refractivity contribution in [1.82, 2.24) is 5.32 Å². The van der Waals surface area contributed by atoms with Crippen LogP contribution in [-0.2, 0) is 9.53 Å². The smallest absolute Gasteiger partial charge is 0.233 e. The zero-order chi connectivity index (χ0) is 15.0. The van der Waals surface area contributed by atoms with Crippen LogP contribution in [0.1, 0.15) is 52.4 Å². The summed E-state index contributed by atoms with van der Waals surface area (Å²) in [6, 6.07) is 0.146. The van der Waals surface area contributed by atoms with Gasteiger partial charge >= 0.3 is 0 Å². The summed E-state index contributed by atoms with van der Waals surface area (Å²) in [5.41, 5.74) is 5.25. The highest BCUT2D eigenvalue weighted by molar-refractivity contribution is 7.80. The Morgan fingerprint density at radius 3 is 2.35 bits per heavy atom. The lowest BCUT2D eigenvalue weighted by Gasteiger charge is -2.52. The third kappa shape index (κ3) is 2.46.